The lowest BCUT2D eigenvalue weighted by molar-refractivity contribution is 0.0824. The Labute approximate surface area is 48.1 Å². The van der Waals surface area contributed by atoms with Gasteiger partial charge < -0.3 is 10.1 Å². The monoisotopic (exact) mass is 104 g/mol. The molecule has 7 heavy (non-hydrogen) atoms. The molecule has 2 heteroatoms. The van der Waals surface area contributed by atoms with Crippen LogP contribution in [0.25, 0.3) is 0 Å². The molecule has 1 atom stereocenters. The lowest BCUT2D eigenvalue weighted by Gasteiger charge is -2.19. The highest BCUT2D eigenvalue weighted by atomic mass is 16.5. The topological polar surface area (TPSA) is 21.3 Å². The molecule has 0 bridgehead atoms. The maximum atomic E-state index is 7.02. The van der Waals surface area contributed by atoms with Crippen molar-refractivity contribution in [3.63, 3.8) is 0 Å². The molecule has 0 saturated carbocycles. The molecule has 1 aliphatic heterocycles. The van der Waals surface area contributed by atoms with Crippen LogP contribution in [0.3, 0.4) is 0 Å². The summed E-state index contributed by atoms with van der Waals surface area (Å²) >= 11 is 0. The minimum Gasteiger partial charge on any atom is -0.379 e. The average Bonchev–Trinajstić information content (AvgIpc) is 1.88. The summed E-state index contributed by atoms with van der Waals surface area (Å²) in [7, 11) is 0. The summed E-state index contributed by atoms with van der Waals surface area (Å²) in [6.45, 7) is -0.355. The molecule has 0 spiro atoms. The van der Waals surface area contributed by atoms with Crippen molar-refractivity contribution in [1.29, 1.82) is 0 Å². The SMILES string of the molecule is [2H]C([2H])([2H])C1COCCN1. The summed E-state index contributed by atoms with van der Waals surface area (Å²) in [4.78, 5) is 0. The number of nitrogens with one attached hydrogen (secondary N) is 1. The van der Waals surface area contributed by atoms with Crippen LogP contribution in [0.5, 0.6) is 0 Å². The van der Waals surface area contributed by atoms with Gasteiger partial charge >= 0.3 is 0 Å². The number of hydrogen-bond donors (Lipinski definition) is 1. The van der Waals surface area contributed by atoms with E-state index in [4.69, 9.17) is 8.85 Å². The van der Waals surface area contributed by atoms with Crippen LogP contribution < -0.4 is 5.32 Å². The summed E-state index contributed by atoms with van der Waals surface area (Å²) in [5, 5.41) is 2.87. The maximum absolute atomic E-state index is 7.02. The average molecular weight is 104 g/mol. The zero-order valence-electron chi connectivity index (χ0n) is 7.11. The molecule has 1 rings (SSSR count). The van der Waals surface area contributed by atoms with E-state index in [2.05, 4.69) is 5.32 Å². The van der Waals surface area contributed by atoms with E-state index < -0.39 is 12.9 Å². The van der Waals surface area contributed by atoms with Crippen LogP contribution in [-0.2, 0) is 4.74 Å². The largest absolute Gasteiger partial charge is 0.379 e. The van der Waals surface area contributed by atoms with E-state index in [1.807, 2.05) is 0 Å². The third-order valence-electron chi connectivity index (χ3n) is 0.922. The second kappa shape index (κ2) is 2.28. The van der Waals surface area contributed by atoms with Gasteiger partial charge in [0.05, 0.1) is 13.2 Å². The predicted molar refractivity (Wildman–Crippen MR) is 28.3 cm³/mol. The first-order valence-electron chi connectivity index (χ1n) is 3.92. The van der Waals surface area contributed by atoms with Gasteiger partial charge in [-0.05, 0) is 6.85 Å². The Balaban J connectivity index is 2.39. The molecule has 1 fully saturated rings. The zero-order chi connectivity index (χ0) is 7.61. The van der Waals surface area contributed by atoms with Gasteiger partial charge in [-0.3, -0.25) is 0 Å². The van der Waals surface area contributed by atoms with Gasteiger partial charge in [0.15, 0.2) is 0 Å². The number of hydrogen-bond acceptors (Lipinski definition) is 2. The van der Waals surface area contributed by atoms with Gasteiger partial charge in [0.1, 0.15) is 0 Å². The second-order valence-electron chi connectivity index (χ2n) is 1.58. The van der Waals surface area contributed by atoms with E-state index in [0.717, 1.165) is 0 Å². The predicted octanol–water partition coefficient (Wildman–Crippen LogP) is -0.00530. The van der Waals surface area contributed by atoms with Crippen molar-refractivity contribution in [3.05, 3.63) is 0 Å². The molecule has 0 aromatic carbocycles. The summed E-state index contributed by atoms with van der Waals surface area (Å²) < 4.78 is 26.0. The highest BCUT2D eigenvalue weighted by molar-refractivity contribution is 4.62. The minimum absolute atomic E-state index is 0.302. The van der Waals surface area contributed by atoms with Gasteiger partial charge in [0.25, 0.3) is 0 Å². The van der Waals surface area contributed by atoms with Gasteiger partial charge in [-0.2, -0.15) is 0 Å². The lowest BCUT2D eigenvalue weighted by Crippen LogP contribution is -2.38. The van der Waals surface area contributed by atoms with E-state index >= 15 is 0 Å². The maximum Gasteiger partial charge on any atom is 0.0617 e. The fraction of sp³-hybridized carbons (Fsp3) is 1.00. The third-order valence-corrected chi connectivity index (χ3v) is 0.922. The minimum atomic E-state index is -1.92. The van der Waals surface area contributed by atoms with Crippen molar-refractivity contribution in [1.82, 2.24) is 5.32 Å². The Morgan fingerprint density at radius 2 is 3.00 bits per heavy atom. The molecular weight excluding hydrogens is 90.1 g/mol. The first kappa shape index (κ1) is 2.46. The van der Waals surface area contributed by atoms with Crippen LogP contribution in [0.2, 0.25) is 0 Å². The molecule has 1 aliphatic rings. The van der Waals surface area contributed by atoms with Crippen molar-refractivity contribution in [2.24, 2.45) is 0 Å². The van der Waals surface area contributed by atoms with Crippen LogP contribution >= 0.6 is 0 Å². The van der Waals surface area contributed by atoms with Crippen LogP contribution in [0.1, 0.15) is 11.0 Å². The summed E-state index contributed by atoms with van der Waals surface area (Å²) in [6.07, 6.45) is 0. The summed E-state index contributed by atoms with van der Waals surface area (Å²) in [5.41, 5.74) is 0. The Morgan fingerprint density at radius 1 is 2.00 bits per heavy atom. The Morgan fingerprint density at radius 3 is 3.43 bits per heavy atom. The molecule has 1 saturated heterocycles. The molecule has 0 aromatic rings. The van der Waals surface area contributed by atoms with E-state index in [9.17, 15) is 0 Å². The lowest BCUT2D eigenvalue weighted by atomic mass is 10.3. The summed E-state index contributed by atoms with van der Waals surface area (Å²) in [6, 6.07) is -0.471. The molecule has 0 radical (unpaired) electrons. The first-order valence-corrected chi connectivity index (χ1v) is 2.42. The number of rotatable bonds is 0. The highest BCUT2D eigenvalue weighted by Gasteiger charge is 2.04. The highest BCUT2D eigenvalue weighted by Crippen LogP contribution is 1.88. The van der Waals surface area contributed by atoms with Gasteiger partial charge in [0, 0.05) is 16.7 Å². The van der Waals surface area contributed by atoms with Crippen LogP contribution in [0.15, 0.2) is 0 Å². The molecular formula is C5H11NO. The number of ether oxygens (including phenoxy) is 1. The normalized spacial score (nSPS) is 41.1. The first-order chi connectivity index (χ1) is 4.61. The second-order valence-corrected chi connectivity index (χ2v) is 1.58. The van der Waals surface area contributed by atoms with Gasteiger partial charge in [-0.15, -0.1) is 0 Å². The molecule has 0 aromatic heterocycles. The van der Waals surface area contributed by atoms with Crippen LogP contribution in [0, 0.1) is 0 Å². The van der Waals surface area contributed by atoms with Crippen molar-refractivity contribution in [2.45, 2.75) is 12.9 Å². The van der Waals surface area contributed by atoms with Crippen LogP contribution in [-0.4, -0.2) is 25.8 Å². The molecule has 2 nitrogen and oxygen atoms in total. The zero-order valence-corrected chi connectivity index (χ0v) is 4.11. The molecule has 42 valence electrons. The fourth-order valence-electron chi connectivity index (χ4n) is 0.565. The van der Waals surface area contributed by atoms with Gasteiger partial charge in [-0.1, -0.05) is 0 Å². The molecule has 1 N–H and O–H groups in total. The third kappa shape index (κ3) is 1.45. The molecule has 0 amide bonds. The Hall–Kier alpha value is -0.0800. The van der Waals surface area contributed by atoms with E-state index in [1.54, 1.807) is 0 Å². The van der Waals surface area contributed by atoms with E-state index in [-0.39, 0.29) is 0 Å². The van der Waals surface area contributed by atoms with Gasteiger partial charge in [0.2, 0.25) is 0 Å². The van der Waals surface area contributed by atoms with E-state index in [0.29, 0.717) is 19.8 Å². The van der Waals surface area contributed by atoms with Crippen molar-refractivity contribution < 1.29 is 8.85 Å². The fourth-order valence-corrected chi connectivity index (χ4v) is 0.565. The molecule has 1 unspecified atom stereocenters. The standard InChI is InChI=1S/C5H11NO/c1-5-4-7-3-2-6-5/h5-6H,2-4H2,1H3/i1D3. The molecule has 0 aliphatic carbocycles. The Bertz CT molecular complexity index is 108. The van der Waals surface area contributed by atoms with E-state index in [1.165, 1.54) is 0 Å². The van der Waals surface area contributed by atoms with Crippen molar-refractivity contribution >= 4 is 0 Å². The quantitative estimate of drug-likeness (QED) is 0.467. The number of morpholine rings is 1. The summed E-state index contributed by atoms with van der Waals surface area (Å²) in [5.74, 6) is 0. The van der Waals surface area contributed by atoms with Crippen LogP contribution in [0.4, 0.5) is 0 Å². The van der Waals surface area contributed by atoms with Crippen molar-refractivity contribution in [3.8, 4) is 0 Å². The van der Waals surface area contributed by atoms with Crippen molar-refractivity contribution in [2.75, 3.05) is 19.8 Å². The smallest absolute Gasteiger partial charge is 0.0617 e. The van der Waals surface area contributed by atoms with Gasteiger partial charge in [-0.25, -0.2) is 0 Å². The molecule has 1 heterocycles. The Kier molecular flexibility index (Phi) is 0.804.